The van der Waals surface area contributed by atoms with E-state index in [0.717, 1.165) is 87.6 Å². The maximum atomic E-state index is 13.6. The van der Waals surface area contributed by atoms with Crippen LogP contribution in [0.4, 0.5) is 0 Å². The molecular formula is C57H78Cl2N8O4. The van der Waals surface area contributed by atoms with Gasteiger partial charge in [0.25, 0.3) is 5.91 Å². The van der Waals surface area contributed by atoms with Gasteiger partial charge in [0.1, 0.15) is 0 Å². The normalized spacial score (nSPS) is 20.6. The molecule has 12 nitrogen and oxygen atoms in total. The summed E-state index contributed by atoms with van der Waals surface area (Å²) in [6.45, 7) is 14.1. The van der Waals surface area contributed by atoms with Crippen molar-refractivity contribution in [2.45, 2.75) is 115 Å². The second-order valence-corrected chi connectivity index (χ2v) is 20.4. The van der Waals surface area contributed by atoms with Gasteiger partial charge in [0, 0.05) is 85.5 Å². The van der Waals surface area contributed by atoms with Crippen molar-refractivity contribution in [2.24, 2.45) is 11.7 Å². The van der Waals surface area contributed by atoms with E-state index in [0.29, 0.717) is 60.7 Å². The van der Waals surface area contributed by atoms with Gasteiger partial charge in [-0.1, -0.05) is 118 Å². The van der Waals surface area contributed by atoms with E-state index in [1.54, 1.807) is 18.2 Å². The standard InChI is InChI=1S/C30H43ClN4O2.C27H35ClN4O2/c1-3-22(4-2)21-35-17-12-27(33-28(30(35)37)13-16-34-14-6-5-7-15-34)20-32-29(36)25-9-8-24-19-26(31)11-10-23(24)18-25;1-2-21(22-6-4-3-5-7-22)19-32-17-15-24(31-25(14-16-29)27(32)34)18-30-26(33)13-10-20-8-11-23(28)12-9-20/h8-11,18-19,22,27-28,33H,3-7,12-17,20-21H2,1-2H3,(H,32,36);3-13,21,24-25,31H,2,14-19,29H2,1H3,(H,30,33)/t27-,28-;21?,24-,25-/m00/s1. The Labute approximate surface area is 432 Å². The summed E-state index contributed by atoms with van der Waals surface area (Å²) in [5.41, 5.74) is 8.60. The number of nitrogens with one attached hydrogen (secondary N) is 4. The lowest BCUT2D eigenvalue weighted by Gasteiger charge is -2.30. The van der Waals surface area contributed by atoms with E-state index in [1.807, 2.05) is 71.6 Å². The Balaban J connectivity index is 0.000000233. The van der Waals surface area contributed by atoms with Gasteiger partial charge in [0.05, 0.1) is 12.1 Å². The number of halogens is 2. The molecule has 384 valence electrons. The molecule has 0 aliphatic carbocycles. The SMILES string of the molecule is CCC(CC)CN1CC[C@@H](CNC(=O)c2ccc3cc(Cl)ccc3c2)N[C@@H](CCN2CCCCC2)C1=O.CCC(CN1CC[C@@H](CNC(=O)C=Cc2ccc(Cl)cc2)N[C@@H](CCN)C1=O)c1ccccc1. The smallest absolute Gasteiger partial charge is 0.251 e. The molecule has 3 saturated heterocycles. The maximum absolute atomic E-state index is 13.6. The third kappa shape index (κ3) is 17.4. The zero-order valence-electron chi connectivity index (χ0n) is 42.2. The number of carbonyl (C=O) groups is 4. The van der Waals surface area contributed by atoms with Crippen LogP contribution < -0.4 is 27.0 Å². The number of fused-ring (bicyclic) bond motifs is 1. The van der Waals surface area contributed by atoms with Gasteiger partial charge in [-0.25, -0.2) is 0 Å². The topological polar surface area (TPSA) is 152 Å². The molecular weight excluding hydrogens is 932 g/mol. The first-order valence-electron chi connectivity index (χ1n) is 26.2. The van der Waals surface area contributed by atoms with Gasteiger partial charge in [-0.05, 0) is 135 Å². The minimum absolute atomic E-state index is 0.00446. The number of carbonyl (C=O) groups excluding carboxylic acids is 4. The minimum atomic E-state index is -0.340. The van der Waals surface area contributed by atoms with Crippen LogP contribution in [0.1, 0.15) is 112 Å². The van der Waals surface area contributed by atoms with E-state index in [4.69, 9.17) is 28.9 Å². The molecule has 7 rings (SSSR count). The van der Waals surface area contributed by atoms with Crippen LogP contribution in [-0.2, 0) is 14.4 Å². The van der Waals surface area contributed by atoms with Crippen LogP contribution in [0.3, 0.4) is 0 Å². The van der Waals surface area contributed by atoms with Gasteiger partial charge < -0.3 is 41.7 Å². The summed E-state index contributed by atoms with van der Waals surface area (Å²) in [6.07, 6.45) is 13.2. The van der Waals surface area contributed by atoms with Crippen LogP contribution >= 0.6 is 23.2 Å². The molecule has 3 aliphatic rings. The highest BCUT2D eigenvalue weighted by Gasteiger charge is 2.33. The van der Waals surface area contributed by atoms with Crippen LogP contribution in [0.25, 0.3) is 16.8 Å². The van der Waals surface area contributed by atoms with Crippen LogP contribution in [0.5, 0.6) is 0 Å². The number of hydrogen-bond donors (Lipinski definition) is 5. The van der Waals surface area contributed by atoms with E-state index in [1.165, 1.54) is 30.9 Å². The number of rotatable bonds is 20. The number of hydrogen-bond acceptors (Lipinski definition) is 8. The Morgan fingerprint density at radius 2 is 1.31 bits per heavy atom. The Morgan fingerprint density at radius 3 is 1.96 bits per heavy atom. The molecule has 6 N–H and O–H groups in total. The fraction of sp³-hybridized carbons (Fsp3) is 0.509. The fourth-order valence-electron chi connectivity index (χ4n) is 9.95. The fourth-order valence-corrected chi connectivity index (χ4v) is 10.3. The summed E-state index contributed by atoms with van der Waals surface area (Å²) in [6, 6.07) is 28.5. The van der Waals surface area contributed by atoms with Crippen LogP contribution in [0.2, 0.25) is 10.0 Å². The van der Waals surface area contributed by atoms with E-state index < -0.39 is 0 Å². The lowest BCUT2D eigenvalue weighted by Crippen LogP contribution is -2.50. The Kier molecular flexibility index (Phi) is 22.7. The number of likely N-dealkylation sites (tertiary alicyclic amines) is 1. The molecule has 14 heteroatoms. The molecule has 0 spiro atoms. The average Bonchev–Trinajstić information content (AvgIpc) is 3.64. The molecule has 1 unspecified atom stereocenters. The maximum Gasteiger partial charge on any atom is 0.251 e. The van der Waals surface area contributed by atoms with Gasteiger partial charge in [0.2, 0.25) is 17.7 Å². The molecule has 0 radical (unpaired) electrons. The highest BCUT2D eigenvalue weighted by molar-refractivity contribution is 6.31. The molecule has 5 atom stereocenters. The van der Waals surface area contributed by atoms with Crippen molar-refractivity contribution in [1.82, 2.24) is 36.0 Å². The van der Waals surface area contributed by atoms with Crippen molar-refractivity contribution >= 4 is 63.7 Å². The van der Waals surface area contributed by atoms with Crippen LogP contribution in [0, 0.1) is 5.92 Å². The molecule has 3 fully saturated rings. The Bertz CT molecular complexity index is 2320. The monoisotopic (exact) mass is 1010 g/mol. The summed E-state index contributed by atoms with van der Waals surface area (Å²) in [5, 5.41) is 16.5. The summed E-state index contributed by atoms with van der Waals surface area (Å²) in [4.78, 5) is 58.8. The first-order valence-corrected chi connectivity index (χ1v) is 27.0. The van der Waals surface area contributed by atoms with E-state index in [-0.39, 0.29) is 53.7 Å². The second kappa shape index (κ2) is 29.0. The highest BCUT2D eigenvalue weighted by atomic mass is 35.5. The van der Waals surface area contributed by atoms with Crippen LogP contribution in [-0.4, -0.2) is 128 Å². The van der Waals surface area contributed by atoms with E-state index >= 15 is 0 Å². The lowest BCUT2D eigenvalue weighted by molar-refractivity contribution is -0.134. The van der Waals surface area contributed by atoms with Crippen molar-refractivity contribution in [3.63, 3.8) is 0 Å². The number of benzene rings is 4. The van der Waals surface area contributed by atoms with Gasteiger partial charge in [0.15, 0.2) is 0 Å². The predicted molar refractivity (Wildman–Crippen MR) is 291 cm³/mol. The first-order chi connectivity index (χ1) is 34.5. The van der Waals surface area contributed by atoms with Crippen molar-refractivity contribution in [3.8, 4) is 0 Å². The Hall–Kier alpha value is -4.82. The van der Waals surface area contributed by atoms with Crippen molar-refractivity contribution < 1.29 is 19.2 Å². The van der Waals surface area contributed by atoms with Gasteiger partial charge >= 0.3 is 0 Å². The number of nitrogens with zero attached hydrogens (tertiary/aromatic N) is 3. The van der Waals surface area contributed by atoms with Crippen molar-refractivity contribution in [2.75, 3.05) is 65.4 Å². The quantitative estimate of drug-likeness (QED) is 0.0552. The number of amides is 4. The molecule has 3 aliphatic heterocycles. The molecule has 0 aromatic heterocycles. The summed E-state index contributed by atoms with van der Waals surface area (Å²) in [5.74, 6) is 0.883. The predicted octanol–water partition coefficient (Wildman–Crippen LogP) is 8.67. The Morgan fingerprint density at radius 1 is 0.704 bits per heavy atom. The molecule has 3 heterocycles. The van der Waals surface area contributed by atoms with Crippen LogP contribution in [0.15, 0.2) is 97.1 Å². The largest absolute Gasteiger partial charge is 0.351 e. The van der Waals surface area contributed by atoms with Crippen molar-refractivity contribution in [3.05, 3.63) is 124 Å². The third-order valence-corrected chi connectivity index (χ3v) is 14.9. The van der Waals surface area contributed by atoms with E-state index in [2.05, 4.69) is 64.0 Å². The molecule has 4 amide bonds. The van der Waals surface area contributed by atoms with E-state index in [9.17, 15) is 19.2 Å². The molecule has 4 aromatic carbocycles. The average molecular weight is 1010 g/mol. The summed E-state index contributed by atoms with van der Waals surface area (Å²) < 4.78 is 0. The van der Waals surface area contributed by atoms with Gasteiger partial charge in [-0.2, -0.15) is 0 Å². The summed E-state index contributed by atoms with van der Waals surface area (Å²) >= 11 is 12.0. The van der Waals surface area contributed by atoms with Gasteiger partial charge in [-0.15, -0.1) is 0 Å². The summed E-state index contributed by atoms with van der Waals surface area (Å²) in [7, 11) is 0. The first kappa shape index (κ1) is 55.5. The highest BCUT2D eigenvalue weighted by Crippen LogP contribution is 2.24. The number of piperidine rings is 1. The van der Waals surface area contributed by atoms with Gasteiger partial charge in [-0.3, -0.25) is 19.2 Å². The second-order valence-electron chi connectivity index (χ2n) is 19.5. The molecule has 4 aromatic rings. The molecule has 71 heavy (non-hydrogen) atoms. The van der Waals surface area contributed by atoms with Crippen molar-refractivity contribution in [1.29, 1.82) is 0 Å². The zero-order valence-corrected chi connectivity index (χ0v) is 43.7. The lowest BCUT2D eigenvalue weighted by atomic mass is 9.95. The minimum Gasteiger partial charge on any atom is -0.351 e. The zero-order chi connectivity index (χ0) is 50.5. The number of nitrogens with two attached hydrogens (primary N) is 1. The molecule has 0 saturated carbocycles. The molecule has 0 bridgehead atoms. The third-order valence-electron chi connectivity index (χ3n) is 14.5.